The molecule has 0 bridgehead atoms. The molecule has 1 aromatic carbocycles. The van der Waals surface area contributed by atoms with Crippen LogP contribution >= 0.6 is 23.2 Å². The Kier molecular flexibility index (Phi) is 5.12. The minimum atomic E-state index is -0.912. The van der Waals surface area contributed by atoms with Crippen LogP contribution in [0.2, 0.25) is 10.0 Å². The molecule has 0 aliphatic carbocycles. The first-order valence-corrected chi connectivity index (χ1v) is 7.68. The molecule has 1 amide bonds. The predicted molar refractivity (Wildman–Crippen MR) is 81.6 cm³/mol. The molecular weight excluding hydrogens is 313 g/mol. The van der Waals surface area contributed by atoms with Crippen molar-refractivity contribution in [2.75, 3.05) is 6.54 Å². The van der Waals surface area contributed by atoms with Crippen LogP contribution in [-0.4, -0.2) is 28.4 Å². The standard InChI is InChI=1S/C15H17Cl2NO3/c1-2-7-18-13(19)6-4-10(15(20)21)14(18)11-8-9(16)3-5-12(11)17/h3,5,8,10,14H,2,4,6-7H2,1H3,(H,20,21). The fourth-order valence-electron chi connectivity index (χ4n) is 2.84. The highest BCUT2D eigenvalue weighted by molar-refractivity contribution is 6.33. The van der Waals surface area contributed by atoms with Gasteiger partial charge in [0.1, 0.15) is 0 Å². The van der Waals surface area contributed by atoms with Crippen molar-refractivity contribution in [2.45, 2.75) is 32.2 Å². The largest absolute Gasteiger partial charge is 0.481 e. The highest BCUT2D eigenvalue weighted by atomic mass is 35.5. The maximum Gasteiger partial charge on any atom is 0.308 e. The lowest BCUT2D eigenvalue weighted by atomic mass is 9.84. The molecule has 6 heteroatoms. The Morgan fingerprint density at radius 2 is 2.14 bits per heavy atom. The minimum Gasteiger partial charge on any atom is -0.481 e. The second-order valence-corrected chi connectivity index (χ2v) is 6.02. The van der Waals surface area contributed by atoms with Crippen LogP contribution in [0.15, 0.2) is 18.2 Å². The lowest BCUT2D eigenvalue weighted by Gasteiger charge is -2.40. The van der Waals surface area contributed by atoms with E-state index in [2.05, 4.69) is 0 Å². The van der Waals surface area contributed by atoms with E-state index in [4.69, 9.17) is 23.2 Å². The molecule has 0 saturated carbocycles. The third kappa shape index (κ3) is 3.33. The summed E-state index contributed by atoms with van der Waals surface area (Å²) in [6.07, 6.45) is 1.33. The van der Waals surface area contributed by atoms with Gasteiger partial charge < -0.3 is 10.0 Å². The van der Waals surface area contributed by atoms with Gasteiger partial charge in [0.05, 0.1) is 12.0 Å². The first-order chi connectivity index (χ1) is 9.95. The number of hydrogen-bond acceptors (Lipinski definition) is 2. The van der Waals surface area contributed by atoms with Crippen LogP contribution in [0.4, 0.5) is 0 Å². The number of aliphatic carboxylic acids is 1. The van der Waals surface area contributed by atoms with Crippen molar-refractivity contribution in [3.8, 4) is 0 Å². The maximum atomic E-state index is 12.2. The first kappa shape index (κ1) is 16.1. The number of carbonyl (C=O) groups excluding carboxylic acids is 1. The smallest absolute Gasteiger partial charge is 0.308 e. The lowest BCUT2D eigenvalue weighted by Crippen LogP contribution is -2.45. The van der Waals surface area contributed by atoms with E-state index in [1.165, 1.54) is 0 Å². The van der Waals surface area contributed by atoms with Crippen molar-refractivity contribution >= 4 is 35.1 Å². The molecule has 2 atom stereocenters. The first-order valence-electron chi connectivity index (χ1n) is 6.93. The molecule has 1 aliphatic heterocycles. The van der Waals surface area contributed by atoms with E-state index in [1.807, 2.05) is 6.92 Å². The summed E-state index contributed by atoms with van der Waals surface area (Å²) in [6.45, 7) is 2.46. The van der Waals surface area contributed by atoms with Crippen LogP contribution in [0.3, 0.4) is 0 Å². The van der Waals surface area contributed by atoms with Crippen LogP contribution in [-0.2, 0) is 9.59 Å². The molecule has 1 aromatic rings. The quantitative estimate of drug-likeness (QED) is 0.914. The molecule has 1 fully saturated rings. The molecule has 0 aromatic heterocycles. The summed E-state index contributed by atoms with van der Waals surface area (Å²) >= 11 is 12.2. The zero-order valence-electron chi connectivity index (χ0n) is 11.7. The molecule has 2 rings (SSSR count). The van der Waals surface area contributed by atoms with Gasteiger partial charge in [0.15, 0.2) is 0 Å². The molecule has 0 spiro atoms. The average molecular weight is 330 g/mol. The SMILES string of the molecule is CCCN1C(=O)CCC(C(=O)O)C1c1cc(Cl)ccc1Cl. The number of likely N-dealkylation sites (tertiary alicyclic amines) is 1. The summed E-state index contributed by atoms with van der Waals surface area (Å²) in [7, 11) is 0. The number of carboxylic acids is 1. The van der Waals surface area contributed by atoms with Gasteiger partial charge in [0, 0.05) is 23.0 Å². The van der Waals surface area contributed by atoms with Crippen LogP contribution in [0, 0.1) is 5.92 Å². The van der Waals surface area contributed by atoms with E-state index in [0.29, 0.717) is 28.6 Å². The normalized spacial score (nSPS) is 22.4. The van der Waals surface area contributed by atoms with Crippen LogP contribution in [0.5, 0.6) is 0 Å². The number of carbonyl (C=O) groups is 2. The Labute approximate surface area is 133 Å². The van der Waals surface area contributed by atoms with Gasteiger partial charge in [0.25, 0.3) is 0 Å². The van der Waals surface area contributed by atoms with Crippen molar-refractivity contribution in [3.63, 3.8) is 0 Å². The van der Waals surface area contributed by atoms with Gasteiger partial charge in [0.2, 0.25) is 5.91 Å². The summed E-state index contributed by atoms with van der Waals surface area (Å²) in [5.74, 6) is -1.61. The summed E-state index contributed by atoms with van der Waals surface area (Å²) < 4.78 is 0. The molecule has 2 unspecified atom stereocenters. The van der Waals surface area contributed by atoms with E-state index >= 15 is 0 Å². The minimum absolute atomic E-state index is 0.0320. The van der Waals surface area contributed by atoms with Gasteiger partial charge in [-0.1, -0.05) is 30.1 Å². The van der Waals surface area contributed by atoms with Crippen molar-refractivity contribution in [2.24, 2.45) is 5.92 Å². The molecule has 4 nitrogen and oxygen atoms in total. The third-order valence-electron chi connectivity index (χ3n) is 3.76. The fourth-order valence-corrected chi connectivity index (χ4v) is 3.25. The molecule has 21 heavy (non-hydrogen) atoms. The Bertz CT molecular complexity index is 562. The van der Waals surface area contributed by atoms with E-state index in [-0.39, 0.29) is 12.3 Å². The van der Waals surface area contributed by atoms with Gasteiger partial charge in [-0.05, 0) is 36.6 Å². The number of halogens is 2. The topological polar surface area (TPSA) is 57.6 Å². The van der Waals surface area contributed by atoms with Crippen molar-refractivity contribution in [1.29, 1.82) is 0 Å². The van der Waals surface area contributed by atoms with Gasteiger partial charge in [-0.25, -0.2) is 0 Å². The zero-order valence-corrected chi connectivity index (χ0v) is 13.2. The summed E-state index contributed by atoms with van der Waals surface area (Å²) in [5, 5.41) is 10.4. The van der Waals surface area contributed by atoms with Crippen molar-refractivity contribution < 1.29 is 14.7 Å². The summed E-state index contributed by atoms with van der Waals surface area (Å²) in [5.41, 5.74) is 0.609. The van der Waals surface area contributed by atoms with Crippen LogP contribution in [0.25, 0.3) is 0 Å². The van der Waals surface area contributed by atoms with Crippen LogP contribution in [0.1, 0.15) is 37.8 Å². The Hall–Kier alpha value is -1.26. The molecule has 114 valence electrons. The van der Waals surface area contributed by atoms with Gasteiger partial charge in [-0.3, -0.25) is 9.59 Å². The average Bonchev–Trinajstić information content (AvgIpc) is 2.43. The lowest BCUT2D eigenvalue weighted by molar-refractivity contribution is -0.152. The Balaban J connectivity index is 2.51. The van der Waals surface area contributed by atoms with Gasteiger partial charge >= 0.3 is 5.97 Å². The Morgan fingerprint density at radius 3 is 2.76 bits per heavy atom. The zero-order chi connectivity index (χ0) is 15.6. The van der Waals surface area contributed by atoms with E-state index in [9.17, 15) is 14.7 Å². The second-order valence-electron chi connectivity index (χ2n) is 5.18. The fraction of sp³-hybridized carbons (Fsp3) is 0.467. The predicted octanol–water partition coefficient (Wildman–Crippen LogP) is 3.77. The van der Waals surface area contributed by atoms with Gasteiger partial charge in [-0.2, -0.15) is 0 Å². The number of piperidine rings is 1. The monoisotopic (exact) mass is 329 g/mol. The highest BCUT2D eigenvalue weighted by Crippen LogP contribution is 2.40. The van der Waals surface area contributed by atoms with Gasteiger partial charge in [-0.15, -0.1) is 0 Å². The summed E-state index contributed by atoms with van der Waals surface area (Å²) in [4.78, 5) is 25.4. The molecule has 1 heterocycles. The van der Waals surface area contributed by atoms with Crippen molar-refractivity contribution in [3.05, 3.63) is 33.8 Å². The third-order valence-corrected chi connectivity index (χ3v) is 4.34. The maximum absolute atomic E-state index is 12.2. The molecular formula is C15H17Cl2NO3. The molecule has 0 radical (unpaired) electrons. The number of nitrogens with zero attached hydrogens (tertiary/aromatic N) is 1. The molecule has 1 aliphatic rings. The van der Waals surface area contributed by atoms with E-state index < -0.39 is 17.9 Å². The number of carboxylic acid groups (broad SMARTS) is 1. The number of amides is 1. The van der Waals surface area contributed by atoms with Crippen molar-refractivity contribution in [1.82, 2.24) is 4.90 Å². The molecule has 1 N–H and O–H groups in total. The molecule has 1 saturated heterocycles. The summed E-state index contributed by atoms with van der Waals surface area (Å²) in [6, 6.07) is 4.39. The van der Waals surface area contributed by atoms with E-state index in [0.717, 1.165) is 6.42 Å². The highest BCUT2D eigenvalue weighted by Gasteiger charge is 2.41. The Morgan fingerprint density at radius 1 is 1.43 bits per heavy atom. The second kappa shape index (κ2) is 6.67. The number of hydrogen-bond donors (Lipinski definition) is 1. The van der Waals surface area contributed by atoms with Crippen LogP contribution < -0.4 is 0 Å². The van der Waals surface area contributed by atoms with E-state index in [1.54, 1.807) is 23.1 Å². The number of rotatable bonds is 4. The number of benzene rings is 1.